The number of aromatic nitrogens is 4. The second-order valence-electron chi connectivity index (χ2n) is 8.30. The molecule has 2 aliphatic rings. The number of hydrogen-bond donors (Lipinski definition) is 4. The van der Waals surface area contributed by atoms with Crippen LogP contribution in [-0.4, -0.2) is 42.8 Å². The van der Waals surface area contributed by atoms with Crippen LogP contribution < -0.4 is 16.4 Å². The van der Waals surface area contributed by atoms with Crippen LogP contribution >= 0.6 is 0 Å². The number of nitrogens with one attached hydrogen (secondary N) is 2. The van der Waals surface area contributed by atoms with Crippen molar-refractivity contribution in [3.05, 3.63) is 36.6 Å². The van der Waals surface area contributed by atoms with Crippen molar-refractivity contribution in [1.29, 1.82) is 0 Å². The van der Waals surface area contributed by atoms with Gasteiger partial charge < -0.3 is 21.5 Å². The molecule has 1 amide bonds. The Morgan fingerprint density at radius 1 is 1.29 bits per heavy atom. The number of carbonyl (C=O) groups is 2. The summed E-state index contributed by atoms with van der Waals surface area (Å²) in [5.74, 6) is -2.46. The predicted octanol–water partition coefficient (Wildman–Crippen LogP) is 1.93. The van der Waals surface area contributed by atoms with Crippen LogP contribution in [0, 0.1) is 29.5 Å². The Kier molecular flexibility index (Phi) is 5.34. The summed E-state index contributed by atoms with van der Waals surface area (Å²) in [5.41, 5.74) is 6.03. The zero-order valence-electron chi connectivity index (χ0n) is 17.1. The molecule has 10 nitrogen and oxygen atoms in total. The van der Waals surface area contributed by atoms with Gasteiger partial charge in [-0.15, -0.1) is 0 Å². The molecule has 0 radical (unpaired) electrons. The fourth-order valence-corrected chi connectivity index (χ4v) is 4.48. The van der Waals surface area contributed by atoms with Crippen molar-refractivity contribution in [2.75, 3.05) is 10.6 Å². The van der Waals surface area contributed by atoms with E-state index >= 15 is 0 Å². The van der Waals surface area contributed by atoms with Crippen LogP contribution in [-0.2, 0) is 9.59 Å². The molecule has 1 fully saturated rings. The van der Waals surface area contributed by atoms with Crippen molar-refractivity contribution in [2.24, 2.45) is 29.4 Å². The number of carboxylic acid groups (broad SMARTS) is 1. The summed E-state index contributed by atoms with van der Waals surface area (Å²) in [4.78, 5) is 31.5. The van der Waals surface area contributed by atoms with E-state index < -0.39 is 29.7 Å². The number of fused-ring (bicyclic) bond motifs is 2. The van der Waals surface area contributed by atoms with Crippen molar-refractivity contribution >= 4 is 29.3 Å². The van der Waals surface area contributed by atoms with Gasteiger partial charge in [-0.3, -0.25) is 9.48 Å². The molecule has 0 aliphatic heterocycles. The minimum Gasteiger partial charge on any atom is -0.480 e. The maximum atomic E-state index is 14.4. The Bertz CT molecular complexity index is 1040. The Hall–Kier alpha value is -3.50. The van der Waals surface area contributed by atoms with E-state index in [9.17, 15) is 19.1 Å². The first kappa shape index (κ1) is 20.8. The number of carbonyl (C=O) groups excluding carboxylic acids is 1. The van der Waals surface area contributed by atoms with Crippen molar-refractivity contribution in [2.45, 2.75) is 32.4 Å². The average Bonchev–Trinajstić information content (AvgIpc) is 3.40. The molecule has 31 heavy (non-hydrogen) atoms. The first-order valence-corrected chi connectivity index (χ1v) is 10.0. The molecule has 1 unspecified atom stereocenters. The number of rotatable bonds is 8. The van der Waals surface area contributed by atoms with Crippen LogP contribution in [0.4, 0.5) is 21.8 Å². The normalized spacial score (nSPS) is 25.0. The number of primary amides is 1. The number of allylic oxidation sites excluding steroid dienone is 1. The van der Waals surface area contributed by atoms with E-state index in [1.165, 1.54) is 17.1 Å². The van der Waals surface area contributed by atoms with Gasteiger partial charge in [0.05, 0.1) is 24.0 Å². The van der Waals surface area contributed by atoms with Crippen LogP contribution in [0.3, 0.4) is 0 Å². The minimum absolute atomic E-state index is 0.0346. The second kappa shape index (κ2) is 7.97. The summed E-state index contributed by atoms with van der Waals surface area (Å²) in [5, 5.41) is 19.5. The summed E-state index contributed by atoms with van der Waals surface area (Å²) in [6.07, 6.45) is 8.80. The number of hydrogen-bond acceptors (Lipinski definition) is 7. The summed E-state index contributed by atoms with van der Waals surface area (Å²) in [7, 11) is 0. The second-order valence-corrected chi connectivity index (χ2v) is 8.30. The molecule has 2 aliphatic carbocycles. The van der Waals surface area contributed by atoms with E-state index in [1.54, 1.807) is 13.8 Å². The summed E-state index contributed by atoms with van der Waals surface area (Å²) in [6.45, 7) is 3.58. The van der Waals surface area contributed by atoms with Crippen molar-refractivity contribution in [3.63, 3.8) is 0 Å². The highest BCUT2D eigenvalue weighted by atomic mass is 19.1. The topological polar surface area (TPSA) is 148 Å². The third-order valence-electron chi connectivity index (χ3n) is 5.86. The lowest BCUT2D eigenvalue weighted by atomic mass is 9.88. The molecule has 2 aromatic heterocycles. The fraction of sp³-hybridized carbons (Fsp3) is 0.450. The standard InChI is InChI=1S/C20H24FN7O3/c1-9(2)16(19(30)31)28-8-12(6-24-28)25-20-23-7-13(21)18(27-20)26-15-11-4-3-10(5-11)14(15)17(22)29/h3-4,6-11,14-16H,5H2,1-2H3,(H2,22,29)(H,30,31)(H2,23,25,26,27)/t10-,11+,14+,15-,16?/m1/s1. The Morgan fingerprint density at radius 3 is 2.71 bits per heavy atom. The molecular formula is C20H24FN7O3. The molecule has 11 heteroatoms. The lowest BCUT2D eigenvalue weighted by molar-refractivity contribution is -0.142. The smallest absolute Gasteiger partial charge is 0.328 e. The lowest BCUT2D eigenvalue weighted by Gasteiger charge is -2.27. The van der Waals surface area contributed by atoms with Crippen molar-refractivity contribution in [1.82, 2.24) is 19.7 Å². The van der Waals surface area contributed by atoms with Gasteiger partial charge in [0, 0.05) is 12.2 Å². The zero-order chi connectivity index (χ0) is 22.3. The molecule has 0 saturated heterocycles. The molecule has 2 heterocycles. The average molecular weight is 429 g/mol. The summed E-state index contributed by atoms with van der Waals surface area (Å²) in [6, 6.07) is -1.16. The number of anilines is 3. The molecule has 4 rings (SSSR count). The van der Waals surface area contributed by atoms with E-state index in [1.807, 2.05) is 12.2 Å². The number of aliphatic carboxylic acids is 1. The number of halogens is 1. The van der Waals surface area contributed by atoms with Crippen molar-refractivity contribution < 1.29 is 19.1 Å². The summed E-state index contributed by atoms with van der Waals surface area (Å²) >= 11 is 0. The maximum Gasteiger partial charge on any atom is 0.328 e. The van der Waals surface area contributed by atoms with E-state index in [2.05, 4.69) is 25.7 Å². The Labute approximate surface area is 177 Å². The monoisotopic (exact) mass is 429 g/mol. The highest BCUT2D eigenvalue weighted by Gasteiger charge is 2.47. The molecule has 164 valence electrons. The van der Waals surface area contributed by atoms with Gasteiger partial charge >= 0.3 is 5.97 Å². The molecule has 0 aromatic carbocycles. The zero-order valence-corrected chi connectivity index (χ0v) is 17.1. The first-order chi connectivity index (χ1) is 14.7. The quantitative estimate of drug-likeness (QED) is 0.465. The Balaban J connectivity index is 1.52. The molecule has 1 saturated carbocycles. The van der Waals surface area contributed by atoms with Crippen LogP contribution in [0.25, 0.3) is 0 Å². The third-order valence-corrected chi connectivity index (χ3v) is 5.86. The highest BCUT2D eigenvalue weighted by Crippen LogP contribution is 2.44. The number of amides is 1. The van der Waals surface area contributed by atoms with Crippen LogP contribution in [0.1, 0.15) is 26.3 Å². The third kappa shape index (κ3) is 3.94. The van der Waals surface area contributed by atoms with Crippen LogP contribution in [0.2, 0.25) is 0 Å². The molecule has 5 atom stereocenters. The molecule has 0 spiro atoms. The minimum atomic E-state index is -0.988. The lowest BCUT2D eigenvalue weighted by Crippen LogP contribution is -2.41. The molecule has 2 bridgehead atoms. The fourth-order valence-electron chi connectivity index (χ4n) is 4.48. The van der Waals surface area contributed by atoms with Crippen LogP contribution in [0.5, 0.6) is 0 Å². The number of nitrogens with two attached hydrogens (primary N) is 1. The maximum absolute atomic E-state index is 14.4. The van der Waals surface area contributed by atoms with Crippen LogP contribution in [0.15, 0.2) is 30.7 Å². The van der Waals surface area contributed by atoms with E-state index in [-0.39, 0.29) is 35.6 Å². The van der Waals surface area contributed by atoms with Crippen molar-refractivity contribution in [3.8, 4) is 0 Å². The van der Waals surface area contributed by atoms with Gasteiger partial charge in [0.15, 0.2) is 17.7 Å². The molecule has 2 aromatic rings. The SMILES string of the molecule is CC(C)C(C(=O)O)n1cc(Nc2ncc(F)c(N[C@H]3[C@@H](C(N)=O)[C@@H]4C=C[C@H]3C4)n2)cn1. The van der Waals surface area contributed by atoms with Gasteiger partial charge in [-0.1, -0.05) is 26.0 Å². The van der Waals surface area contributed by atoms with E-state index in [0.29, 0.717) is 5.69 Å². The molecule has 5 N–H and O–H groups in total. The first-order valence-electron chi connectivity index (χ1n) is 10.0. The van der Waals surface area contributed by atoms with Gasteiger partial charge in [0.25, 0.3) is 0 Å². The van der Waals surface area contributed by atoms with Gasteiger partial charge in [0.1, 0.15) is 0 Å². The predicted molar refractivity (Wildman–Crippen MR) is 110 cm³/mol. The number of nitrogens with zero attached hydrogens (tertiary/aromatic N) is 4. The summed E-state index contributed by atoms with van der Waals surface area (Å²) < 4.78 is 15.7. The highest BCUT2D eigenvalue weighted by molar-refractivity contribution is 5.79. The number of carboxylic acids is 1. The van der Waals surface area contributed by atoms with Gasteiger partial charge in [-0.2, -0.15) is 10.1 Å². The molecular weight excluding hydrogens is 405 g/mol. The Morgan fingerprint density at radius 2 is 2.03 bits per heavy atom. The van der Waals surface area contributed by atoms with Gasteiger partial charge in [0.2, 0.25) is 11.9 Å². The van der Waals surface area contributed by atoms with Gasteiger partial charge in [-0.25, -0.2) is 14.2 Å². The largest absolute Gasteiger partial charge is 0.480 e. The van der Waals surface area contributed by atoms with Gasteiger partial charge in [-0.05, 0) is 24.2 Å². The van der Waals surface area contributed by atoms with E-state index in [0.717, 1.165) is 12.6 Å². The van der Waals surface area contributed by atoms with E-state index in [4.69, 9.17) is 5.73 Å².